The van der Waals surface area contributed by atoms with Crippen LogP contribution in [0.5, 0.6) is 5.75 Å². The van der Waals surface area contributed by atoms with Crippen LogP contribution >= 0.6 is 23.1 Å². The van der Waals surface area contributed by atoms with E-state index in [-0.39, 0.29) is 18.4 Å². The molecule has 2 aromatic carbocycles. The topological polar surface area (TPSA) is 69.9 Å². The van der Waals surface area contributed by atoms with Gasteiger partial charge < -0.3 is 14.0 Å². The van der Waals surface area contributed by atoms with E-state index in [0.717, 1.165) is 15.1 Å². The Labute approximate surface area is 170 Å². The predicted octanol–water partition coefficient (Wildman–Crippen LogP) is 3.74. The Morgan fingerprint density at radius 1 is 1.21 bits per heavy atom. The third kappa shape index (κ3) is 4.28. The van der Waals surface area contributed by atoms with Crippen LogP contribution in [0.3, 0.4) is 0 Å². The van der Waals surface area contributed by atoms with Gasteiger partial charge in [0.1, 0.15) is 12.3 Å². The Bertz CT molecular complexity index is 1090. The van der Waals surface area contributed by atoms with Crippen LogP contribution in [-0.4, -0.2) is 36.4 Å². The van der Waals surface area contributed by atoms with Crippen molar-refractivity contribution < 1.29 is 19.1 Å². The Balaban J connectivity index is 2.13. The lowest BCUT2D eigenvalue weighted by molar-refractivity contribution is -0.143. The van der Waals surface area contributed by atoms with Gasteiger partial charge in [-0.3, -0.25) is 9.59 Å². The zero-order valence-corrected chi connectivity index (χ0v) is 17.4. The molecule has 3 aromatic rings. The molecule has 146 valence electrons. The first-order valence-electron chi connectivity index (χ1n) is 8.62. The summed E-state index contributed by atoms with van der Waals surface area (Å²) in [5.74, 6) is -0.0276. The van der Waals surface area contributed by atoms with Crippen molar-refractivity contribution in [1.82, 2.24) is 4.57 Å². The number of thiazole rings is 1. The van der Waals surface area contributed by atoms with Crippen molar-refractivity contribution in [1.29, 1.82) is 0 Å². The molecule has 1 aromatic heterocycles. The first-order chi connectivity index (χ1) is 13.6. The molecule has 1 heterocycles. The normalized spacial score (nSPS) is 11.6. The lowest BCUT2D eigenvalue weighted by Gasteiger charge is -2.06. The zero-order chi connectivity index (χ0) is 20.1. The molecule has 0 spiro atoms. The Morgan fingerprint density at radius 3 is 2.71 bits per heavy atom. The number of rotatable bonds is 6. The number of amides is 1. The molecule has 0 aliphatic rings. The highest BCUT2D eigenvalue weighted by Crippen LogP contribution is 2.24. The fourth-order valence-corrected chi connectivity index (χ4v) is 4.37. The summed E-state index contributed by atoms with van der Waals surface area (Å²) in [6.07, 6.45) is 1.92. The maximum atomic E-state index is 12.8. The number of carbonyl (C=O) groups excluding carboxylic acids is 2. The summed E-state index contributed by atoms with van der Waals surface area (Å²) in [5.41, 5.74) is 1.33. The van der Waals surface area contributed by atoms with Crippen LogP contribution in [-0.2, 0) is 16.1 Å². The second kappa shape index (κ2) is 9.07. The summed E-state index contributed by atoms with van der Waals surface area (Å²) >= 11 is 2.82. The summed E-state index contributed by atoms with van der Waals surface area (Å²) in [4.78, 5) is 30.5. The number of hydrogen-bond donors (Lipinski definition) is 0. The van der Waals surface area contributed by atoms with Gasteiger partial charge in [-0.2, -0.15) is 4.99 Å². The van der Waals surface area contributed by atoms with Gasteiger partial charge in [-0.05, 0) is 43.5 Å². The fourth-order valence-electron chi connectivity index (χ4n) is 2.72. The maximum Gasteiger partial charge on any atom is 0.326 e. The molecule has 28 heavy (non-hydrogen) atoms. The molecule has 0 fully saturated rings. The summed E-state index contributed by atoms with van der Waals surface area (Å²) in [6.45, 7) is 2.03. The number of aromatic nitrogens is 1. The molecule has 0 atom stereocenters. The number of fused-ring (bicyclic) bond motifs is 1. The van der Waals surface area contributed by atoms with Gasteiger partial charge in [-0.15, -0.1) is 11.8 Å². The molecule has 0 bridgehead atoms. The van der Waals surface area contributed by atoms with Gasteiger partial charge in [0, 0.05) is 4.90 Å². The lowest BCUT2D eigenvalue weighted by Crippen LogP contribution is -2.23. The number of benzene rings is 2. The van der Waals surface area contributed by atoms with E-state index in [4.69, 9.17) is 9.47 Å². The maximum absolute atomic E-state index is 12.8. The molecular weight excluding hydrogens is 396 g/mol. The Kier molecular flexibility index (Phi) is 6.53. The summed E-state index contributed by atoms with van der Waals surface area (Å²) < 4.78 is 12.9. The van der Waals surface area contributed by atoms with Crippen LogP contribution in [0.4, 0.5) is 0 Å². The fraction of sp³-hybridized carbons (Fsp3) is 0.250. The molecule has 8 heteroatoms. The van der Waals surface area contributed by atoms with Crippen molar-refractivity contribution in [3.05, 3.63) is 52.8 Å². The van der Waals surface area contributed by atoms with E-state index in [1.165, 1.54) is 23.1 Å². The highest BCUT2D eigenvalue weighted by molar-refractivity contribution is 7.98. The quantitative estimate of drug-likeness (QED) is 0.452. The smallest absolute Gasteiger partial charge is 0.326 e. The molecule has 0 aliphatic heterocycles. The van der Waals surface area contributed by atoms with Gasteiger partial charge in [0.25, 0.3) is 5.91 Å². The molecule has 1 amide bonds. The number of methoxy groups -OCH3 is 1. The van der Waals surface area contributed by atoms with Crippen molar-refractivity contribution in [2.24, 2.45) is 4.99 Å². The highest BCUT2D eigenvalue weighted by atomic mass is 32.2. The van der Waals surface area contributed by atoms with Crippen molar-refractivity contribution in [3.63, 3.8) is 0 Å². The van der Waals surface area contributed by atoms with Crippen LogP contribution in [0.2, 0.25) is 0 Å². The van der Waals surface area contributed by atoms with Crippen molar-refractivity contribution in [3.8, 4) is 5.75 Å². The highest BCUT2D eigenvalue weighted by Gasteiger charge is 2.15. The van der Waals surface area contributed by atoms with Gasteiger partial charge in [0.15, 0.2) is 4.80 Å². The van der Waals surface area contributed by atoms with Crippen LogP contribution in [0.15, 0.2) is 52.4 Å². The second-order valence-electron chi connectivity index (χ2n) is 5.73. The second-order valence-corrected chi connectivity index (χ2v) is 7.58. The van der Waals surface area contributed by atoms with E-state index in [0.29, 0.717) is 22.7 Å². The van der Waals surface area contributed by atoms with Gasteiger partial charge in [-0.1, -0.05) is 23.5 Å². The summed E-state index contributed by atoms with van der Waals surface area (Å²) in [5, 5.41) is 0. The molecule has 6 nitrogen and oxygen atoms in total. The van der Waals surface area contributed by atoms with E-state index in [1.807, 2.05) is 42.7 Å². The average molecular weight is 417 g/mol. The summed E-state index contributed by atoms with van der Waals surface area (Å²) in [6, 6.07) is 12.9. The third-order valence-corrected chi connectivity index (χ3v) is 5.85. The largest absolute Gasteiger partial charge is 0.497 e. The van der Waals surface area contributed by atoms with E-state index in [2.05, 4.69) is 4.99 Å². The first kappa shape index (κ1) is 20.2. The SMILES string of the molecule is CCOC(=O)Cn1c(=NC(=O)c2ccccc2SC)sc2cc(OC)ccc21. The van der Waals surface area contributed by atoms with E-state index in [9.17, 15) is 9.59 Å². The molecular formula is C20H20N2O4S2. The predicted molar refractivity (Wildman–Crippen MR) is 111 cm³/mol. The van der Waals surface area contributed by atoms with Crippen LogP contribution in [0.1, 0.15) is 17.3 Å². The Hall–Kier alpha value is -2.58. The molecule has 3 rings (SSSR count). The minimum absolute atomic E-state index is 0.0174. The first-order valence-corrected chi connectivity index (χ1v) is 10.7. The lowest BCUT2D eigenvalue weighted by atomic mass is 10.2. The third-order valence-electron chi connectivity index (χ3n) is 4.02. The number of esters is 1. The number of hydrogen-bond acceptors (Lipinski definition) is 6. The number of nitrogens with zero attached hydrogens (tertiary/aromatic N) is 2. The van der Waals surface area contributed by atoms with E-state index in [1.54, 1.807) is 24.7 Å². The zero-order valence-electron chi connectivity index (χ0n) is 15.8. The molecule has 0 saturated carbocycles. The Morgan fingerprint density at radius 2 is 2.00 bits per heavy atom. The van der Waals surface area contributed by atoms with E-state index < -0.39 is 0 Å². The van der Waals surface area contributed by atoms with Crippen LogP contribution in [0, 0.1) is 0 Å². The molecule has 0 saturated heterocycles. The van der Waals surface area contributed by atoms with Crippen molar-refractivity contribution >= 4 is 45.2 Å². The minimum Gasteiger partial charge on any atom is -0.497 e. The van der Waals surface area contributed by atoms with Crippen molar-refractivity contribution in [2.75, 3.05) is 20.0 Å². The monoisotopic (exact) mass is 416 g/mol. The number of ether oxygens (including phenoxy) is 2. The van der Waals surface area contributed by atoms with Crippen LogP contribution in [0.25, 0.3) is 10.2 Å². The molecule has 0 N–H and O–H groups in total. The van der Waals surface area contributed by atoms with Gasteiger partial charge >= 0.3 is 5.97 Å². The molecule has 0 radical (unpaired) electrons. The minimum atomic E-state index is -0.378. The van der Waals surface area contributed by atoms with E-state index >= 15 is 0 Å². The van der Waals surface area contributed by atoms with Crippen LogP contribution < -0.4 is 9.54 Å². The molecule has 0 unspecified atom stereocenters. The molecule has 0 aliphatic carbocycles. The van der Waals surface area contributed by atoms with Gasteiger partial charge in [-0.25, -0.2) is 0 Å². The van der Waals surface area contributed by atoms with Crippen molar-refractivity contribution in [2.45, 2.75) is 18.4 Å². The van der Waals surface area contributed by atoms with Gasteiger partial charge in [0.05, 0.1) is 29.5 Å². The summed E-state index contributed by atoms with van der Waals surface area (Å²) in [7, 11) is 1.59. The average Bonchev–Trinajstić information content (AvgIpc) is 3.04. The standard InChI is InChI=1S/C20H20N2O4S2/c1-4-26-18(23)12-22-15-10-9-13(25-2)11-17(15)28-20(22)21-19(24)14-7-5-6-8-16(14)27-3/h5-11H,4,12H2,1-3H3. The van der Waals surface area contributed by atoms with Gasteiger partial charge in [0.2, 0.25) is 0 Å². The number of carbonyl (C=O) groups is 2. The number of thioether (sulfide) groups is 1.